The van der Waals surface area contributed by atoms with Gasteiger partial charge in [-0.25, -0.2) is 10.4 Å². The Hall–Kier alpha value is -6.69. The van der Waals surface area contributed by atoms with Crippen molar-refractivity contribution in [1.29, 1.82) is 0 Å². The van der Waals surface area contributed by atoms with Crippen LogP contribution in [0.4, 0.5) is 5.69 Å². The Labute approximate surface area is 395 Å². The Balaban J connectivity index is 1.17. The number of hydrazine groups is 1. The van der Waals surface area contributed by atoms with Crippen molar-refractivity contribution in [3.05, 3.63) is 95.6 Å². The second-order valence-electron chi connectivity index (χ2n) is 19.2. The molecule has 3 aromatic heterocycles. The minimum absolute atomic E-state index is 0.0242. The summed E-state index contributed by atoms with van der Waals surface area (Å²) >= 11 is 0. The van der Waals surface area contributed by atoms with Gasteiger partial charge in [-0.05, 0) is 102 Å². The molecule has 2 saturated heterocycles. The standard InChI is InChI=1S/C51H61N9O8/c1-8-59-43-14-11-31-22-36(43)37(45(59)38-25-52-16-15-32(38)27-67-7)23-51(4,5)28-68-50(66)40-10-9-17-60(57-40)49(65)41(20-30-18-33(31)21-35(61)19-30)56-47(63)44(29(2)3)58(6)48(64)39-13-12-34(24-53-39)55-46(62)42-26-54-42/h11-16,18-19,21-22,24-25,29,40-42,44,54,57,61H,8-10,17,20,23,26-28H2,1-7H3,(H,55,62)(H,56,63)/t40-,41-,42+,44?/m0/s1. The van der Waals surface area contributed by atoms with E-state index in [0.29, 0.717) is 55.8 Å². The third kappa shape index (κ3) is 10.2. The summed E-state index contributed by atoms with van der Waals surface area (Å²) in [4.78, 5) is 79.4. The molecule has 0 radical (unpaired) electrons. The Morgan fingerprint density at radius 2 is 1.85 bits per heavy atom. The van der Waals surface area contributed by atoms with Crippen LogP contribution < -0.4 is 21.4 Å². The van der Waals surface area contributed by atoms with E-state index in [-0.39, 0.29) is 43.0 Å². The third-order valence-electron chi connectivity index (χ3n) is 12.9. The molecule has 17 heteroatoms. The number of phenolic OH excluding ortho intramolecular Hbond substituents is 1. The number of phenols is 1. The SMILES string of the molecule is CCn1c(-c2cnccc2COC)c2c3cc(ccc31)-c1cc(O)cc(c1)C[C@H](NC(=O)C(C(C)C)N(C)C(=O)c1ccc(NC(=O)[C@H]3CN3)cn1)C(=O)N1CCC[C@H](N1)C(=O)OCC(C)(C)C2. The van der Waals surface area contributed by atoms with E-state index in [0.717, 1.165) is 38.9 Å². The van der Waals surface area contributed by atoms with E-state index in [1.54, 1.807) is 45.4 Å². The van der Waals surface area contributed by atoms with Gasteiger partial charge in [-0.3, -0.25) is 34.0 Å². The molecule has 3 aliphatic heterocycles. The summed E-state index contributed by atoms with van der Waals surface area (Å²) in [6.45, 7) is 11.8. The normalized spacial score (nSPS) is 19.8. The van der Waals surface area contributed by atoms with Crippen molar-refractivity contribution in [3.8, 4) is 28.1 Å². The molecule has 6 bridgehead atoms. The number of ether oxygens (including phenoxy) is 2. The molecule has 8 rings (SSSR count). The minimum atomic E-state index is -1.19. The molecule has 358 valence electrons. The van der Waals surface area contributed by atoms with E-state index >= 15 is 0 Å². The number of nitrogens with zero attached hydrogens (tertiary/aromatic N) is 5. The number of aromatic hydroxyl groups is 1. The number of pyridine rings is 2. The van der Waals surface area contributed by atoms with E-state index in [1.807, 2.05) is 24.4 Å². The molecule has 2 aromatic carbocycles. The van der Waals surface area contributed by atoms with Crippen molar-refractivity contribution >= 4 is 46.2 Å². The number of hydrogen-bond acceptors (Lipinski definition) is 12. The van der Waals surface area contributed by atoms with E-state index in [4.69, 9.17) is 9.47 Å². The van der Waals surface area contributed by atoms with Gasteiger partial charge in [0.15, 0.2) is 0 Å². The Morgan fingerprint density at radius 3 is 2.56 bits per heavy atom. The summed E-state index contributed by atoms with van der Waals surface area (Å²) in [5.74, 6) is -2.73. The summed E-state index contributed by atoms with van der Waals surface area (Å²) in [6, 6.07) is 13.1. The number of nitrogens with one attached hydrogen (secondary N) is 4. The lowest BCUT2D eigenvalue weighted by Gasteiger charge is -2.36. The first-order chi connectivity index (χ1) is 32.5. The fourth-order valence-electron chi connectivity index (χ4n) is 9.49. The van der Waals surface area contributed by atoms with Gasteiger partial charge < -0.3 is 40.0 Å². The number of cyclic esters (lactones) is 1. The van der Waals surface area contributed by atoms with Crippen LogP contribution in [0.25, 0.3) is 33.3 Å². The highest BCUT2D eigenvalue weighted by Crippen LogP contribution is 2.41. The van der Waals surface area contributed by atoms with Gasteiger partial charge in [0.05, 0.1) is 36.8 Å². The quantitative estimate of drug-likeness (QED) is 0.0874. The first kappa shape index (κ1) is 47.8. The van der Waals surface area contributed by atoms with E-state index in [2.05, 4.69) is 68.8 Å². The van der Waals surface area contributed by atoms with Gasteiger partial charge in [0.25, 0.3) is 11.8 Å². The number of benzene rings is 2. The zero-order valence-corrected chi connectivity index (χ0v) is 39.7. The van der Waals surface area contributed by atoms with Crippen LogP contribution >= 0.6 is 0 Å². The van der Waals surface area contributed by atoms with Gasteiger partial charge >= 0.3 is 5.97 Å². The number of rotatable bonds is 11. The second-order valence-corrected chi connectivity index (χ2v) is 19.2. The molecular formula is C51H61N9O8. The van der Waals surface area contributed by atoms with Crippen LogP contribution in [0.5, 0.6) is 5.75 Å². The molecular weight excluding hydrogens is 867 g/mol. The summed E-state index contributed by atoms with van der Waals surface area (Å²) in [7, 11) is 3.18. The molecule has 1 unspecified atom stereocenters. The van der Waals surface area contributed by atoms with Crippen LogP contribution in [0.3, 0.4) is 0 Å². The molecule has 4 atom stereocenters. The monoisotopic (exact) mass is 927 g/mol. The lowest BCUT2D eigenvalue weighted by molar-refractivity contribution is -0.155. The van der Waals surface area contributed by atoms with Crippen molar-refractivity contribution < 1.29 is 38.6 Å². The number of carbonyl (C=O) groups excluding carboxylic acids is 5. The highest BCUT2D eigenvalue weighted by molar-refractivity contribution is 5.99. The van der Waals surface area contributed by atoms with Gasteiger partial charge in [0.2, 0.25) is 11.8 Å². The number of likely N-dealkylation sites (N-methyl/N-ethyl adjacent to an activating group) is 1. The molecule has 5 aromatic rings. The predicted molar refractivity (Wildman–Crippen MR) is 256 cm³/mol. The summed E-state index contributed by atoms with van der Waals surface area (Å²) in [5, 5.41) is 22.3. The van der Waals surface area contributed by atoms with Crippen molar-refractivity contribution in [1.82, 2.24) is 40.5 Å². The molecule has 6 heterocycles. The molecule has 4 amide bonds. The smallest absolute Gasteiger partial charge is 0.324 e. The molecule has 0 aliphatic carbocycles. The number of carbonyl (C=O) groups is 5. The number of fused-ring (bicyclic) bond motifs is 6. The zero-order chi connectivity index (χ0) is 48.4. The molecule has 3 aliphatic rings. The molecule has 5 N–H and O–H groups in total. The lowest BCUT2D eigenvalue weighted by Crippen LogP contribution is -2.62. The zero-order valence-electron chi connectivity index (χ0n) is 39.7. The Kier molecular flexibility index (Phi) is 14.0. The van der Waals surface area contributed by atoms with Crippen molar-refractivity contribution in [2.24, 2.45) is 11.3 Å². The van der Waals surface area contributed by atoms with Gasteiger partial charge in [0, 0.05) is 74.5 Å². The number of aromatic nitrogens is 3. The maximum absolute atomic E-state index is 14.7. The Morgan fingerprint density at radius 1 is 1.06 bits per heavy atom. The van der Waals surface area contributed by atoms with Crippen LogP contribution in [-0.4, -0.2) is 117 Å². The minimum Gasteiger partial charge on any atom is -0.508 e. The fourth-order valence-corrected chi connectivity index (χ4v) is 9.49. The maximum Gasteiger partial charge on any atom is 0.324 e. The predicted octanol–water partition coefficient (Wildman–Crippen LogP) is 4.99. The van der Waals surface area contributed by atoms with Crippen LogP contribution in [-0.2, 0) is 54.6 Å². The number of anilines is 1. The number of methoxy groups -OCH3 is 1. The topological polar surface area (TPSA) is 219 Å². The van der Waals surface area contributed by atoms with E-state index in [1.165, 1.54) is 29.2 Å². The van der Waals surface area contributed by atoms with Crippen molar-refractivity contribution in [2.45, 2.75) is 97.6 Å². The van der Waals surface area contributed by atoms with E-state index in [9.17, 15) is 29.1 Å². The number of aryl methyl sites for hydroxylation is 1. The number of amides is 4. The van der Waals surface area contributed by atoms with Crippen LogP contribution in [0.15, 0.2) is 73.2 Å². The fraction of sp³-hybridized carbons (Fsp3) is 0.431. The van der Waals surface area contributed by atoms with Gasteiger partial charge in [-0.2, -0.15) is 0 Å². The first-order valence-electron chi connectivity index (χ1n) is 23.3. The number of esters is 1. The van der Waals surface area contributed by atoms with Gasteiger partial charge in [-0.1, -0.05) is 39.8 Å². The van der Waals surface area contributed by atoms with E-state index < -0.39 is 53.1 Å². The molecule has 0 spiro atoms. The van der Waals surface area contributed by atoms with Gasteiger partial charge in [-0.15, -0.1) is 0 Å². The molecule has 2 fully saturated rings. The molecule has 17 nitrogen and oxygen atoms in total. The van der Waals surface area contributed by atoms with Crippen molar-refractivity contribution in [2.75, 3.05) is 39.2 Å². The highest BCUT2D eigenvalue weighted by Gasteiger charge is 2.38. The second kappa shape index (κ2) is 19.9. The lowest BCUT2D eigenvalue weighted by atomic mass is 9.84. The maximum atomic E-state index is 14.7. The van der Waals surface area contributed by atoms with Gasteiger partial charge in [0.1, 0.15) is 29.6 Å². The first-order valence-corrected chi connectivity index (χ1v) is 23.3. The summed E-state index contributed by atoms with van der Waals surface area (Å²) in [6.07, 6.45) is 6.45. The average molecular weight is 928 g/mol. The third-order valence-corrected chi connectivity index (χ3v) is 12.9. The van der Waals surface area contributed by atoms with Crippen molar-refractivity contribution in [3.63, 3.8) is 0 Å². The highest BCUT2D eigenvalue weighted by atomic mass is 16.5. The molecule has 68 heavy (non-hydrogen) atoms. The average Bonchev–Trinajstić information content (AvgIpc) is 4.13. The summed E-state index contributed by atoms with van der Waals surface area (Å²) in [5.41, 5.74) is 10.1. The molecule has 0 saturated carbocycles. The van der Waals surface area contributed by atoms with Crippen LogP contribution in [0.2, 0.25) is 0 Å². The largest absolute Gasteiger partial charge is 0.508 e. The van der Waals surface area contributed by atoms with Crippen LogP contribution in [0.1, 0.15) is 74.6 Å². The number of hydrogen-bond donors (Lipinski definition) is 5. The summed E-state index contributed by atoms with van der Waals surface area (Å²) < 4.78 is 14.0. The Bertz CT molecular complexity index is 2730. The van der Waals surface area contributed by atoms with Crippen LogP contribution in [0, 0.1) is 11.3 Å².